The number of para-hydroxylation sites is 1. The van der Waals surface area contributed by atoms with Gasteiger partial charge in [0.1, 0.15) is 5.82 Å². The molecule has 0 saturated carbocycles. The highest BCUT2D eigenvalue weighted by Crippen LogP contribution is 2.45. The SMILES string of the molecule is O=C1C[C@H](c2ccccc2)Sc2ccccc2N1Cc1cccc(F)c1. The molecule has 0 saturated heterocycles. The lowest BCUT2D eigenvalue weighted by Crippen LogP contribution is -2.30. The molecule has 1 amide bonds. The fourth-order valence-electron chi connectivity index (χ4n) is 3.22. The number of rotatable bonds is 3. The van der Waals surface area contributed by atoms with E-state index in [1.165, 1.54) is 12.1 Å². The van der Waals surface area contributed by atoms with Crippen LogP contribution < -0.4 is 4.90 Å². The topological polar surface area (TPSA) is 20.3 Å². The van der Waals surface area contributed by atoms with Crippen LogP contribution in [0, 0.1) is 5.82 Å². The largest absolute Gasteiger partial charge is 0.307 e. The summed E-state index contributed by atoms with van der Waals surface area (Å²) in [4.78, 5) is 15.9. The van der Waals surface area contributed by atoms with Crippen molar-refractivity contribution in [3.8, 4) is 0 Å². The summed E-state index contributed by atoms with van der Waals surface area (Å²) in [5.74, 6) is -0.227. The third kappa shape index (κ3) is 3.51. The molecule has 0 radical (unpaired) electrons. The maximum atomic E-state index is 13.6. The molecule has 1 aliphatic heterocycles. The van der Waals surface area contributed by atoms with Gasteiger partial charge in [0.15, 0.2) is 0 Å². The van der Waals surface area contributed by atoms with Crippen molar-refractivity contribution >= 4 is 23.4 Å². The second kappa shape index (κ2) is 7.34. The van der Waals surface area contributed by atoms with Gasteiger partial charge in [-0.1, -0.05) is 54.6 Å². The Morgan fingerprint density at radius 3 is 2.54 bits per heavy atom. The van der Waals surface area contributed by atoms with Gasteiger partial charge >= 0.3 is 0 Å². The molecular weight excluding hydrogens is 345 g/mol. The van der Waals surface area contributed by atoms with Gasteiger partial charge in [0.05, 0.1) is 12.2 Å². The molecule has 26 heavy (non-hydrogen) atoms. The van der Waals surface area contributed by atoms with Crippen LogP contribution in [0.4, 0.5) is 10.1 Å². The molecule has 0 unspecified atom stereocenters. The number of halogens is 1. The Kier molecular flexibility index (Phi) is 4.76. The zero-order valence-corrected chi connectivity index (χ0v) is 15.0. The highest BCUT2D eigenvalue weighted by Gasteiger charge is 2.29. The number of nitrogens with zero attached hydrogens (tertiary/aromatic N) is 1. The van der Waals surface area contributed by atoms with Gasteiger partial charge in [0.2, 0.25) is 5.91 Å². The van der Waals surface area contributed by atoms with E-state index in [2.05, 4.69) is 12.1 Å². The summed E-state index contributed by atoms with van der Waals surface area (Å²) in [6, 6.07) is 24.5. The predicted molar refractivity (Wildman–Crippen MR) is 104 cm³/mol. The van der Waals surface area contributed by atoms with Crippen molar-refractivity contribution in [2.24, 2.45) is 0 Å². The van der Waals surface area contributed by atoms with Gasteiger partial charge in [0, 0.05) is 16.6 Å². The second-order valence-corrected chi connectivity index (χ2v) is 7.54. The van der Waals surface area contributed by atoms with E-state index in [4.69, 9.17) is 0 Å². The molecule has 3 aromatic rings. The molecule has 0 aromatic heterocycles. The van der Waals surface area contributed by atoms with Gasteiger partial charge in [-0.3, -0.25) is 4.79 Å². The lowest BCUT2D eigenvalue weighted by atomic mass is 10.1. The van der Waals surface area contributed by atoms with Gasteiger partial charge < -0.3 is 4.90 Å². The lowest BCUT2D eigenvalue weighted by Gasteiger charge is -2.22. The molecule has 1 heterocycles. The van der Waals surface area contributed by atoms with Crippen molar-refractivity contribution in [3.05, 3.63) is 95.8 Å². The maximum Gasteiger partial charge on any atom is 0.228 e. The number of anilines is 1. The van der Waals surface area contributed by atoms with E-state index in [-0.39, 0.29) is 17.0 Å². The highest BCUT2D eigenvalue weighted by molar-refractivity contribution is 7.99. The Balaban J connectivity index is 1.70. The molecule has 1 atom stereocenters. The van der Waals surface area contributed by atoms with Crippen molar-refractivity contribution in [3.63, 3.8) is 0 Å². The molecule has 1 aliphatic rings. The summed E-state index contributed by atoms with van der Waals surface area (Å²) in [6.45, 7) is 0.371. The average molecular weight is 363 g/mol. The molecule has 0 bridgehead atoms. The van der Waals surface area contributed by atoms with Gasteiger partial charge in [-0.2, -0.15) is 0 Å². The normalized spacial score (nSPS) is 16.9. The number of hydrogen-bond donors (Lipinski definition) is 0. The van der Waals surface area contributed by atoms with E-state index in [1.54, 1.807) is 22.7 Å². The van der Waals surface area contributed by atoms with Crippen molar-refractivity contribution in [1.82, 2.24) is 0 Å². The summed E-state index contributed by atoms with van der Waals surface area (Å²) in [7, 11) is 0. The summed E-state index contributed by atoms with van der Waals surface area (Å²) >= 11 is 1.72. The Hall–Kier alpha value is -2.59. The maximum absolute atomic E-state index is 13.6. The molecule has 0 spiro atoms. The van der Waals surface area contributed by atoms with Gasteiger partial charge in [-0.15, -0.1) is 11.8 Å². The number of thioether (sulfide) groups is 1. The molecule has 0 aliphatic carbocycles. The quantitative estimate of drug-likeness (QED) is 0.604. The first-order chi connectivity index (χ1) is 12.7. The number of carbonyl (C=O) groups is 1. The first-order valence-electron chi connectivity index (χ1n) is 8.56. The van der Waals surface area contributed by atoms with Gasteiger partial charge in [-0.05, 0) is 35.4 Å². The molecule has 4 heteroatoms. The van der Waals surface area contributed by atoms with Crippen LogP contribution in [-0.2, 0) is 11.3 Å². The number of fused-ring (bicyclic) bond motifs is 1. The van der Waals surface area contributed by atoms with Crippen molar-refractivity contribution < 1.29 is 9.18 Å². The van der Waals surface area contributed by atoms with E-state index in [0.717, 1.165) is 21.7 Å². The van der Waals surface area contributed by atoms with Crippen LogP contribution in [-0.4, -0.2) is 5.91 Å². The number of benzene rings is 3. The van der Waals surface area contributed by atoms with Crippen LogP contribution in [0.1, 0.15) is 22.8 Å². The van der Waals surface area contributed by atoms with E-state index in [1.807, 2.05) is 48.5 Å². The van der Waals surface area contributed by atoms with Crippen molar-refractivity contribution in [2.75, 3.05) is 4.90 Å². The third-order valence-corrected chi connectivity index (χ3v) is 5.81. The van der Waals surface area contributed by atoms with Crippen molar-refractivity contribution in [1.29, 1.82) is 0 Å². The molecular formula is C22H18FNOS. The molecule has 130 valence electrons. The van der Waals surface area contributed by atoms with Crippen LogP contribution in [0.5, 0.6) is 0 Å². The predicted octanol–water partition coefficient (Wildman–Crippen LogP) is 5.60. The summed E-state index contributed by atoms with van der Waals surface area (Å²) in [6.07, 6.45) is 0.415. The van der Waals surface area contributed by atoms with Gasteiger partial charge in [-0.25, -0.2) is 4.39 Å². The van der Waals surface area contributed by atoms with Gasteiger partial charge in [0.25, 0.3) is 0 Å². The number of carbonyl (C=O) groups excluding carboxylic acids is 1. The van der Waals surface area contributed by atoms with E-state index in [9.17, 15) is 9.18 Å². The first-order valence-corrected chi connectivity index (χ1v) is 9.44. The average Bonchev–Trinajstić information content (AvgIpc) is 2.80. The summed E-state index contributed by atoms with van der Waals surface area (Å²) in [5, 5.41) is 0.0716. The molecule has 3 aromatic carbocycles. The smallest absolute Gasteiger partial charge is 0.228 e. The molecule has 4 rings (SSSR count). The van der Waals surface area contributed by atoms with Crippen LogP contribution in [0.3, 0.4) is 0 Å². The third-order valence-electron chi connectivity index (χ3n) is 4.49. The van der Waals surface area contributed by atoms with Crippen LogP contribution in [0.2, 0.25) is 0 Å². The van der Waals surface area contributed by atoms with Crippen LogP contribution in [0.25, 0.3) is 0 Å². The number of amides is 1. The zero-order chi connectivity index (χ0) is 17.9. The second-order valence-electron chi connectivity index (χ2n) is 6.30. The summed E-state index contributed by atoms with van der Waals surface area (Å²) < 4.78 is 13.6. The Bertz CT molecular complexity index is 928. The molecule has 2 nitrogen and oxygen atoms in total. The Labute approximate surface area is 156 Å². The van der Waals surface area contributed by atoms with Crippen LogP contribution in [0.15, 0.2) is 83.8 Å². The summed E-state index contributed by atoms with van der Waals surface area (Å²) in [5.41, 5.74) is 2.83. The van der Waals surface area contributed by atoms with Crippen LogP contribution >= 0.6 is 11.8 Å². The standard InChI is InChI=1S/C22H18FNOS/c23-18-10-6-7-16(13-18)15-24-19-11-4-5-12-20(19)26-21(14-22(24)25)17-8-2-1-3-9-17/h1-13,21H,14-15H2/t21-/m1/s1. The first kappa shape index (κ1) is 16.9. The fourth-order valence-corrected chi connectivity index (χ4v) is 4.50. The fraction of sp³-hybridized carbons (Fsp3) is 0.136. The van der Waals surface area contributed by atoms with E-state index < -0.39 is 0 Å². The Morgan fingerprint density at radius 2 is 1.73 bits per heavy atom. The van der Waals surface area contributed by atoms with E-state index in [0.29, 0.717) is 13.0 Å². The molecule has 0 N–H and O–H groups in total. The van der Waals surface area contributed by atoms with Crippen molar-refractivity contribution in [2.45, 2.75) is 23.1 Å². The number of hydrogen-bond acceptors (Lipinski definition) is 2. The molecule has 0 fully saturated rings. The zero-order valence-electron chi connectivity index (χ0n) is 14.1. The van der Waals surface area contributed by atoms with E-state index >= 15 is 0 Å². The minimum absolute atomic E-state index is 0.0561. The minimum Gasteiger partial charge on any atom is -0.307 e. The highest BCUT2D eigenvalue weighted by atomic mass is 32.2. The minimum atomic E-state index is -0.283. The monoisotopic (exact) mass is 363 g/mol. The Morgan fingerprint density at radius 1 is 0.962 bits per heavy atom. The lowest BCUT2D eigenvalue weighted by molar-refractivity contribution is -0.118.